The second kappa shape index (κ2) is 6.84. The number of aliphatic hydroxyl groups excluding tert-OH is 1. The van der Waals surface area contributed by atoms with Gasteiger partial charge >= 0.3 is 0 Å². The predicted octanol–water partition coefficient (Wildman–Crippen LogP) is -0.243. The quantitative estimate of drug-likeness (QED) is 0.699. The maximum absolute atomic E-state index is 11.9. The number of methoxy groups -OCH3 is 1. The second-order valence-electron chi connectivity index (χ2n) is 5.31. The van der Waals surface area contributed by atoms with Gasteiger partial charge in [0.15, 0.2) is 12.0 Å². The number of amides is 1. The van der Waals surface area contributed by atoms with E-state index in [9.17, 15) is 14.7 Å². The van der Waals surface area contributed by atoms with Crippen molar-refractivity contribution in [2.75, 3.05) is 7.11 Å². The van der Waals surface area contributed by atoms with Crippen molar-refractivity contribution in [2.24, 2.45) is 0 Å². The molecule has 2 saturated heterocycles. The zero-order valence-corrected chi connectivity index (χ0v) is 13.0. The number of ether oxygens (including phenoxy) is 4. The average molecular weight is 315 g/mol. The summed E-state index contributed by atoms with van der Waals surface area (Å²) in [6.07, 6.45) is -0.866. The van der Waals surface area contributed by atoms with E-state index < -0.39 is 37.1 Å². The Labute approximate surface area is 128 Å². The first-order valence-corrected chi connectivity index (χ1v) is 7.00. The minimum absolute atomic E-state index is 0.203. The Hall–Kier alpha value is -1.32. The predicted molar refractivity (Wildman–Crippen MR) is 73.2 cm³/mol. The van der Waals surface area contributed by atoms with Crippen molar-refractivity contribution in [1.29, 1.82) is 0 Å². The lowest BCUT2D eigenvalue weighted by atomic mass is 10.1. The summed E-state index contributed by atoms with van der Waals surface area (Å²) in [4.78, 5) is 24.2. The van der Waals surface area contributed by atoms with Crippen molar-refractivity contribution in [3.05, 3.63) is 12.3 Å². The third kappa shape index (κ3) is 3.36. The summed E-state index contributed by atoms with van der Waals surface area (Å²) in [5, 5.41) is 9.84. The van der Waals surface area contributed by atoms with Crippen LogP contribution in [0.25, 0.3) is 0 Å². The van der Waals surface area contributed by atoms with Gasteiger partial charge < -0.3 is 24.1 Å². The Kier molecular flexibility index (Phi) is 5.30. The van der Waals surface area contributed by atoms with Crippen molar-refractivity contribution in [3.8, 4) is 0 Å². The summed E-state index contributed by atoms with van der Waals surface area (Å²) in [5.41, 5.74) is 0. The first-order valence-electron chi connectivity index (χ1n) is 7.00. The highest BCUT2D eigenvalue weighted by Crippen LogP contribution is 2.37. The van der Waals surface area contributed by atoms with Gasteiger partial charge in [-0.1, -0.05) is 0 Å². The number of rotatable bonds is 5. The minimum atomic E-state index is -0.881. The molecule has 0 spiro atoms. The molecule has 1 amide bonds. The summed E-state index contributed by atoms with van der Waals surface area (Å²) in [7, 11) is 1.43. The van der Waals surface area contributed by atoms with Gasteiger partial charge in [-0.3, -0.25) is 14.5 Å². The average Bonchev–Trinajstić information content (AvgIpc) is 2.97. The van der Waals surface area contributed by atoms with Gasteiger partial charge in [-0.25, -0.2) is 0 Å². The SMILES string of the molecule is COC1O[C@H]2[C@@H](O1)[C@H](N(/C=C\C(C)=O)C(C)=O)O[C@@H]2[C@@H](C)O. The Morgan fingerprint density at radius 3 is 2.36 bits per heavy atom. The molecular formula is C14H21NO7. The van der Waals surface area contributed by atoms with Crippen molar-refractivity contribution >= 4 is 11.7 Å². The van der Waals surface area contributed by atoms with E-state index in [0.717, 1.165) is 0 Å². The van der Waals surface area contributed by atoms with Crippen LogP contribution in [-0.2, 0) is 28.5 Å². The minimum Gasteiger partial charge on any atom is -0.391 e. The van der Waals surface area contributed by atoms with Crippen LogP contribution in [0.5, 0.6) is 0 Å². The number of carbonyl (C=O) groups excluding carboxylic acids is 2. The molecule has 124 valence electrons. The van der Waals surface area contributed by atoms with E-state index in [4.69, 9.17) is 18.9 Å². The Morgan fingerprint density at radius 1 is 1.23 bits per heavy atom. The van der Waals surface area contributed by atoms with Crippen molar-refractivity contribution in [2.45, 2.75) is 57.9 Å². The number of aliphatic hydroxyl groups is 1. The summed E-state index contributed by atoms with van der Waals surface area (Å²) < 4.78 is 21.8. The van der Waals surface area contributed by atoms with Crippen molar-refractivity contribution in [1.82, 2.24) is 4.90 Å². The molecular weight excluding hydrogens is 294 g/mol. The summed E-state index contributed by atoms with van der Waals surface area (Å²) in [6.45, 7) is 3.41. The molecule has 2 fully saturated rings. The molecule has 0 bridgehead atoms. The Balaban J connectivity index is 2.24. The second-order valence-corrected chi connectivity index (χ2v) is 5.31. The third-order valence-corrected chi connectivity index (χ3v) is 3.54. The molecule has 2 rings (SSSR count). The fourth-order valence-electron chi connectivity index (χ4n) is 2.53. The van der Waals surface area contributed by atoms with Crippen LogP contribution in [0.3, 0.4) is 0 Å². The summed E-state index contributed by atoms with van der Waals surface area (Å²) >= 11 is 0. The third-order valence-electron chi connectivity index (χ3n) is 3.54. The molecule has 2 heterocycles. The zero-order chi connectivity index (χ0) is 16.4. The van der Waals surface area contributed by atoms with Crippen LogP contribution in [0.2, 0.25) is 0 Å². The molecule has 1 N–H and O–H groups in total. The molecule has 1 unspecified atom stereocenters. The first kappa shape index (κ1) is 17.0. The number of nitrogens with zero attached hydrogens (tertiary/aromatic N) is 1. The lowest BCUT2D eigenvalue weighted by molar-refractivity contribution is -0.261. The van der Waals surface area contributed by atoms with Crippen LogP contribution < -0.4 is 0 Å². The molecule has 0 radical (unpaired) electrons. The normalized spacial score (nSPS) is 35.6. The van der Waals surface area contributed by atoms with E-state index in [1.807, 2.05) is 0 Å². The van der Waals surface area contributed by atoms with Crippen LogP contribution in [0.15, 0.2) is 12.3 Å². The molecule has 2 aliphatic rings. The van der Waals surface area contributed by atoms with Crippen molar-refractivity contribution < 1.29 is 33.6 Å². The van der Waals surface area contributed by atoms with E-state index in [1.165, 1.54) is 38.1 Å². The van der Waals surface area contributed by atoms with Gasteiger partial charge in [0.25, 0.3) is 6.48 Å². The van der Waals surface area contributed by atoms with Gasteiger partial charge in [-0.05, 0) is 19.9 Å². The molecule has 8 heteroatoms. The number of ketones is 1. The van der Waals surface area contributed by atoms with E-state index in [-0.39, 0.29) is 11.7 Å². The standard InChI is InChI=1S/C14H21NO7/c1-7(16)5-6-15(9(3)18)13-12-11(10(20-13)8(2)17)21-14(19-4)22-12/h5-6,8,10-14,17H,1-4H3/b6-5-/t8-,10-,11-,12-,13-,14?/m1/s1. The molecule has 0 aromatic carbocycles. The number of carbonyl (C=O) groups is 2. The molecule has 0 saturated carbocycles. The lowest BCUT2D eigenvalue weighted by Crippen LogP contribution is -2.43. The molecule has 0 aliphatic carbocycles. The number of allylic oxidation sites excluding steroid dienone is 1. The highest BCUT2D eigenvalue weighted by Gasteiger charge is 2.56. The molecule has 0 aromatic rings. The van der Waals surface area contributed by atoms with Gasteiger partial charge in [-0.15, -0.1) is 0 Å². The van der Waals surface area contributed by atoms with Crippen LogP contribution in [0.1, 0.15) is 20.8 Å². The van der Waals surface area contributed by atoms with E-state index >= 15 is 0 Å². The molecule has 2 aliphatic heterocycles. The fraction of sp³-hybridized carbons (Fsp3) is 0.714. The zero-order valence-electron chi connectivity index (χ0n) is 13.0. The molecule has 6 atom stereocenters. The van der Waals surface area contributed by atoms with Gasteiger partial charge in [0.2, 0.25) is 5.91 Å². The highest BCUT2D eigenvalue weighted by molar-refractivity contribution is 5.88. The lowest BCUT2D eigenvalue weighted by Gasteiger charge is -2.28. The Bertz CT molecular complexity index is 464. The van der Waals surface area contributed by atoms with Crippen LogP contribution in [0.4, 0.5) is 0 Å². The van der Waals surface area contributed by atoms with Crippen LogP contribution in [-0.4, -0.2) is 65.9 Å². The fourth-order valence-corrected chi connectivity index (χ4v) is 2.53. The highest BCUT2D eigenvalue weighted by atomic mass is 16.9. The largest absolute Gasteiger partial charge is 0.391 e. The van der Waals surface area contributed by atoms with E-state index in [2.05, 4.69) is 0 Å². The van der Waals surface area contributed by atoms with E-state index in [1.54, 1.807) is 6.92 Å². The molecule has 22 heavy (non-hydrogen) atoms. The monoisotopic (exact) mass is 315 g/mol. The Morgan fingerprint density at radius 2 is 1.86 bits per heavy atom. The molecule has 0 aromatic heterocycles. The van der Waals surface area contributed by atoms with Gasteiger partial charge in [0.05, 0.1) is 6.10 Å². The van der Waals surface area contributed by atoms with Crippen LogP contribution in [0, 0.1) is 0 Å². The van der Waals surface area contributed by atoms with Crippen molar-refractivity contribution in [3.63, 3.8) is 0 Å². The number of fused-ring (bicyclic) bond motifs is 1. The smallest absolute Gasteiger partial charge is 0.272 e. The molecule has 8 nitrogen and oxygen atoms in total. The number of hydrogen-bond donors (Lipinski definition) is 1. The van der Waals surface area contributed by atoms with Crippen LogP contribution >= 0.6 is 0 Å². The first-order chi connectivity index (χ1) is 10.3. The topological polar surface area (TPSA) is 94.5 Å². The number of hydrogen-bond acceptors (Lipinski definition) is 7. The summed E-state index contributed by atoms with van der Waals surface area (Å²) in [6, 6.07) is 0. The van der Waals surface area contributed by atoms with Gasteiger partial charge in [0.1, 0.15) is 18.3 Å². The summed E-state index contributed by atoms with van der Waals surface area (Å²) in [5.74, 6) is -0.525. The maximum atomic E-state index is 11.9. The maximum Gasteiger partial charge on any atom is 0.272 e. The van der Waals surface area contributed by atoms with Gasteiger partial charge in [0, 0.05) is 20.2 Å². The van der Waals surface area contributed by atoms with E-state index in [0.29, 0.717) is 0 Å². The van der Waals surface area contributed by atoms with Gasteiger partial charge in [-0.2, -0.15) is 0 Å².